The minimum Gasteiger partial charge on any atom is -0.493 e. The molecule has 1 heterocycles. The number of rotatable bonds is 47. The highest BCUT2D eigenvalue weighted by Crippen LogP contribution is 2.34. The number of hydrogen-bond donors (Lipinski definition) is 2. The number of aromatic nitrogens is 2. The second-order valence-corrected chi connectivity index (χ2v) is 17.4. The number of halogens is 1. The molecule has 4 N–H and O–H groups in total. The van der Waals surface area contributed by atoms with Gasteiger partial charge >= 0.3 is 5.97 Å². The summed E-state index contributed by atoms with van der Waals surface area (Å²) >= 11 is 5.67. The zero-order valence-electron chi connectivity index (χ0n) is 43.7. The lowest BCUT2D eigenvalue weighted by molar-refractivity contribution is -0.385. The monoisotopic (exact) mass is 1070 g/mol. The fraction of sp³-hybridized carbons (Fsp3) is 0.654. The van der Waals surface area contributed by atoms with E-state index in [1.165, 1.54) is 6.07 Å². The standard InChI is InChI=1S/C52H80ClN5O16/c1-40-33-44(46(58(61)62)36-47(40)72-31-30-71-29-28-70-27-26-69-25-24-68-21-18-64-15-9-5-4-8-14-53)38-73-49(60)13-7-11-17-66-20-23-67-22-19-65-16-10-6-12-45(59)39-74-50-41(2)32-42(35-48(50)63-3)34-43-37-56-52(55)57-51(43)54/h32-33,35-37H,4-31,34,38-39H2,1-3H3,(H4,54,55,56,57). The first-order valence-corrected chi connectivity index (χ1v) is 26.0. The van der Waals surface area contributed by atoms with Crippen LogP contribution in [0.4, 0.5) is 17.5 Å². The van der Waals surface area contributed by atoms with E-state index >= 15 is 0 Å². The second kappa shape index (κ2) is 40.4. The molecule has 0 aliphatic heterocycles. The summed E-state index contributed by atoms with van der Waals surface area (Å²) < 4.78 is 66.9. The summed E-state index contributed by atoms with van der Waals surface area (Å²) in [5.74, 6) is 2.05. The molecule has 0 saturated heterocycles. The third-order valence-electron chi connectivity index (χ3n) is 11.0. The fourth-order valence-electron chi connectivity index (χ4n) is 7.06. The number of carbonyl (C=O) groups excluding carboxylic acids is 2. The summed E-state index contributed by atoms with van der Waals surface area (Å²) in [5, 5.41) is 11.8. The molecule has 0 aliphatic rings. The number of esters is 1. The van der Waals surface area contributed by atoms with Crippen LogP contribution in [0.3, 0.4) is 0 Å². The van der Waals surface area contributed by atoms with Crippen LogP contribution in [0.25, 0.3) is 0 Å². The number of benzene rings is 2. The maximum Gasteiger partial charge on any atom is 0.306 e. The molecule has 0 atom stereocenters. The summed E-state index contributed by atoms with van der Waals surface area (Å²) in [5.41, 5.74) is 14.8. The van der Waals surface area contributed by atoms with E-state index in [0.717, 1.165) is 55.4 Å². The lowest BCUT2D eigenvalue weighted by Crippen LogP contribution is -2.14. The number of nitrogen functional groups attached to an aromatic ring is 2. The van der Waals surface area contributed by atoms with E-state index in [1.807, 2.05) is 19.1 Å². The largest absolute Gasteiger partial charge is 0.493 e. The van der Waals surface area contributed by atoms with Crippen molar-refractivity contribution >= 4 is 40.8 Å². The van der Waals surface area contributed by atoms with Crippen molar-refractivity contribution in [1.82, 2.24) is 9.97 Å². The Labute approximate surface area is 440 Å². The normalized spacial score (nSPS) is 11.2. The zero-order chi connectivity index (χ0) is 53.4. The first-order chi connectivity index (χ1) is 36.0. The average molecular weight is 1070 g/mol. The SMILES string of the molecule is COc1cc(Cc2cnc(N)nc2N)cc(C)c1OCC(=O)CCCCOCCOCCOCCCCC(=O)OCc1cc(C)c(OCCOCCOCCOCCOCCOCCCCCCCl)cc1[N+](=O)[O-]. The molecule has 416 valence electrons. The van der Waals surface area contributed by atoms with Gasteiger partial charge in [0, 0.05) is 56.7 Å². The van der Waals surface area contributed by atoms with Gasteiger partial charge in [-0.05, 0) is 81.2 Å². The number of alkyl halides is 1. The first-order valence-electron chi connectivity index (χ1n) is 25.4. The van der Waals surface area contributed by atoms with Gasteiger partial charge in [-0.25, -0.2) is 4.98 Å². The maximum atomic E-state index is 12.5. The molecule has 0 radical (unpaired) electrons. The Hall–Kier alpha value is -4.97. The Morgan fingerprint density at radius 3 is 1.68 bits per heavy atom. The van der Waals surface area contributed by atoms with E-state index in [1.54, 1.807) is 26.3 Å². The lowest BCUT2D eigenvalue weighted by Gasteiger charge is -2.15. The van der Waals surface area contributed by atoms with Crippen LogP contribution in [0.15, 0.2) is 30.5 Å². The van der Waals surface area contributed by atoms with Crippen molar-refractivity contribution in [2.24, 2.45) is 0 Å². The van der Waals surface area contributed by atoms with E-state index in [0.29, 0.717) is 159 Å². The van der Waals surface area contributed by atoms with E-state index in [2.05, 4.69) is 9.97 Å². The summed E-state index contributed by atoms with van der Waals surface area (Å²) in [6, 6.07) is 6.73. The number of ketones is 1. The van der Waals surface area contributed by atoms with E-state index in [-0.39, 0.29) is 55.8 Å². The van der Waals surface area contributed by atoms with Crippen molar-refractivity contribution < 1.29 is 71.4 Å². The van der Waals surface area contributed by atoms with Crippen LogP contribution in [0.2, 0.25) is 0 Å². The fourth-order valence-corrected chi connectivity index (χ4v) is 7.25. The van der Waals surface area contributed by atoms with Gasteiger partial charge in [-0.3, -0.25) is 19.7 Å². The van der Waals surface area contributed by atoms with E-state index in [9.17, 15) is 19.7 Å². The lowest BCUT2D eigenvalue weighted by atomic mass is 10.0. The number of carbonyl (C=O) groups is 2. The molecule has 3 aromatic rings. The van der Waals surface area contributed by atoms with Crippen molar-refractivity contribution in [3.05, 3.63) is 68.4 Å². The Balaban J connectivity index is 1.11. The number of nitro benzene ring substituents is 1. The van der Waals surface area contributed by atoms with Crippen LogP contribution in [-0.4, -0.2) is 159 Å². The predicted octanol–water partition coefficient (Wildman–Crippen LogP) is 7.11. The number of ether oxygens (including phenoxy) is 12. The molecule has 22 heteroatoms. The molecule has 0 aliphatic carbocycles. The van der Waals surface area contributed by atoms with Crippen LogP contribution in [0.5, 0.6) is 17.2 Å². The van der Waals surface area contributed by atoms with Gasteiger partial charge in [0.2, 0.25) is 5.95 Å². The topological polar surface area (TPSA) is 266 Å². The van der Waals surface area contributed by atoms with E-state index in [4.69, 9.17) is 79.9 Å². The number of Topliss-reactive ketones (excluding diaryl/α,β-unsaturated/α-hetero) is 1. The third-order valence-corrected chi connectivity index (χ3v) is 11.2. The minimum atomic E-state index is -0.523. The van der Waals surface area contributed by atoms with Gasteiger partial charge in [-0.15, -0.1) is 11.6 Å². The Kier molecular flexibility index (Phi) is 34.5. The molecule has 0 unspecified atom stereocenters. The molecule has 3 rings (SSSR count). The van der Waals surface area contributed by atoms with Crippen molar-refractivity contribution in [2.45, 2.75) is 91.1 Å². The number of anilines is 2. The summed E-state index contributed by atoms with van der Waals surface area (Å²) in [4.78, 5) is 44.3. The highest BCUT2D eigenvalue weighted by atomic mass is 35.5. The molecular formula is C52H80ClN5O16. The first kappa shape index (κ1) is 63.3. The number of aryl methyl sites for hydroxylation is 2. The molecular weight excluding hydrogens is 986 g/mol. The molecule has 0 amide bonds. The van der Waals surface area contributed by atoms with Crippen LogP contribution >= 0.6 is 11.6 Å². The molecule has 0 bridgehead atoms. The molecule has 74 heavy (non-hydrogen) atoms. The van der Waals surface area contributed by atoms with Crippen molar-refractivity contribution in [3.63, 3.8) is 0 Å². The zero-order valence-corrected chi connectivity index (χ0v) is 44.5. The molecule has 0 saturated carbocycles. The molecule has 0 fully saturated rings. The molecule has 1 aromatic heterocycles. The number of unbranched alkanes of at least 4 members (excludes halogenated alkanes) is 5. The van der Waals surface area contributed by atoms with Crippen molar-refractivity contribution in [3.8, 4) is 17.2 Å². The van der Waals surface area contributed by atoms with Crippen LogP contribution < -0.4 is 25.7 Å². The molecule has 0 spiro atoms. The Morgan fingerprint density at radius 1 is 0.608 bits per heavy atom. The average Bonchev–Trinajstić information content (AvgIpc) is 3.37. The van der Waals surface area contributed by atoms with Gasteiger partial charge in [-0.2, -0.15) is 4.98 Å². The Bertz CT molecular complexity index is 2040. The summed E-state index contributed by atoms with van der Waals surface area (Å²) in [7, 11) is 1.55. The smallest absolute Gasteiger partial charge is 0.306 e. The van der Waals surface area contributed by atoms with Crippen LogP contribution in [0, 0.1) is 24.0 Å². The van der Waals surface area contributed by atoms with Crippen molar-refractivity contribution in [2.75, 3.05) is 143 Å². The van der Waals surface area contributed by atoms with E-state index < -0.39 is 10.9 Å². The summed E-state index contributed by atoms with van der Waals surface area (Å²) in [6.45, 7) is 10.8. The number of nitrogens with zero attached hydrogens (tertiary/aromatic N) is 3. The van der Waals surface area contributed by atoms with Gasteiger partial charge in [0.25, 0.3) is 5.69 Å². The quantitative estimate of drug-likeness (QED) is 0.0188. The Morgan fingerprint density at radius 2 is 1.14 bits per heavy atom. The van der Waals surface area contributed by atoms with Gasteiger partial charge in [0.1, 0.15) is 31.4 Å². The maximum absolute atomic E-state index is 12.5. The van der Waals surface area contributed by atoms with Gasteiger partial charge < -0.3 is 68.3 Å². The van der Waals surface area contributed by atoms with Crippen molar-refractivity contribution in [1.29, 1.82) is 0 Å². The molecule has 21 nitrogen and oxygen atoms in total. The minimum absolute atomic E-state index is 0.0223. The number of methoxy groups -OCH3 is 1. The number of nitro groups is 1. The van der Waals surface area contributed by atoms with Gasteiger partial charge in [0.05, 0.1) is 110 Å². The molecule has 2 aromatic carbocycles. The van der Waals surface area contributed by atoms with Gasteiger partial charge in [-0.1, -0.05) is 18.9 Å². The van der Waals surface area contributed by atoms with Crippen LogP contribution in [-0.2, 0) is 65.2 Å². The highest BCUT2D eigenvalue weighted by Gasteiger charge is 2.20. The third kappa shape index (κ3) is 28.6. The summed E-state index contributed by atoms with van der Waals surface area (Å²) in [6.07, 6.45) is 9.53. The number of hydrogen-bond acceptors (Lipinski definition) is 20. The predicted molar refractivity (Wildman–Crippen MR) is 278 cm³/mol. The van der Waals surface area contributed by atoms with Crippen LogP contribution in [0.1, 0.15) is 92.0 Å². The number of nitrogens with two attached hydrogens (primary N) is 2. The van der Waals surface area contributed by atoms with Gasteiger partial charge in [0.15, 0.2) is 17.3 Å². The highest BCUT2D eigenvalue weighted by molar-refractivity contribution is 6.17. The second-order valence-electron chi connectivity index (χ2n) is 17.0.